The summed E-state index contributed by atoms with van der Waals surface area (Å²) >= 11 is 1.93. The lowest BCUT2D eigenvalue weighted by atomic mass is 10.0. The van der Waals surface area contributed by atoms with Crippen LogP contribution in [-0.2, 0) is 6.42 Å². The molecule has 1 aromatic rings. The van der Waals surface area contributed by atoms with Gasteiger partial charge in [0.1, 0.15) is 13.1 Å². The zero-order chi connectivity index (χ0) is 26.7. The van der Waals surface area contributed by atoms with E-state index in [1.54, 1.807) is 0 Å². The lowest BCUT2D eigenvalue weighted by Gasteiger charge is -2.33. The van der Waals surface area contributed by atoms with Crippen LogP contribution in [0.15, 0.2) is 30.3 Å². The number of anilines is 1. The van der Waals surface area contributed by atoms with Gasteiger partial charge in [-0.3, -0.25) is 0 Å². The molecule has 4 aliphatic rings. The Morgan fingerprint density at radius 3 is 1.95 bits per heavy atom. The minimum absolute atomic E-state index is 1.14. The maximum atomic E-state index is 5.12. The zero-order valence-corrected chi connectivity index (χ0v) is 25.5. The molecule has 0 aromatic heterocycles. The van der Waals surface area contributed by atoms with Crippen LogP contribution in [0.2, 0.25) is 0 Å². The molecule has 5 rings (SSSR count). The fourth-order valence-corrected chi connectivity index (χ4v) is 7.22. The summed E-state index contributed by atoms with van der Waals surface area (Å²) in [5.74, 6) is 0. The molecule has 2 saturated heterocycles. The lowest BCUT2D eigenvalue weighted by Crippen LogP contribution is -2.42. The highest BCUT2D eigenvalue weighted by Gasteiger charge is 2.22. The second-order valence-electron chi connectivity index (χ2n) is 12.2. The molecule has 3 aliphatic heterocycles. The standard InChI is InChI=1S/C35H52N3S/c1-2-3-4-5-6-7-8-9-10-11-12-13-14-15-16-19-29-26-32-35(28-33(29)38-24-18-25-38)39-34-27-30(37-22-17-23-37)20-21-31(34)36-32/h20-21,26-28H,2-19,22-25H2,1H3/q+1. The van der Waals surface area contributed by atoms with Crippen molar-refractivity contribution in [3.05, 3.63) is 41.3 Å². The quantitative estimate of drug-likeness (QED) is 0.0955. The molecule has 0 saturated carbocycles. The van der Waals surface area contributed by atoms with Crippen molar-refractivity contribution in [1.29, 1.82) is 0 Å². The molecule has 4 heteroatoms. The first-order valence-corrected chi connectivity index (χ1v) is 17.3. The molecule has 0 amide bonds. The van der Waals surface area contributed by atoms with Gasteiger partial charge < -0.3 is 4.90 Å². The maximum absolute atomic E-state index is 5.12. The normalized spacial score (nSPS) is 15.2. The molecule has 0 unspecified atom stereocenters. The van der Waals surface area contributed by atoms with E-state index in [9.17, 15) is 0 Å². The van der Waals surface area contributed by atoms with Gasteiger partial charge in [0.2, 0.25) is 5.36 Å². The Kier molecular flexibility index (Phi) is 11.1. The fraction of sp³-hybridized carbons (Fsp3) is 0.657. The van der Waals surface area contributed by atoms with Crippen LogP contribution in [0.5, 0.6) is 0 Å². The van der Waals surface area contributed by atoms with Gasteiger partial charge in [-0.25, -0.2) is 9.56 Å². The highest BCUT2D eigenvalue weighted by Crippen LogP contribution is 2.33. The van der Waals surface area contributed by atoms with Crippen LogP contribution in [0, 0.1) is 0 Å². The van der Waals surface area contributed by atoms with Gasteiger partial charge >= 0.3 is 0 Å². The molecule has 0 spiro atoms. The molecule has 39 heavy (non-hydrogen) atoms. The summed E-state index contributed by atoms with van der Waals surface area (Å²) in [5.41, 5.74) is 5.21. The highest BCUT2D eigenvalue weighted by molar-refractivity contribution is 7.21. The van der Waals surface area contributed by atoms with Gasteiger partial charge in [-0.2, -0.15) is 0 Å². The van der Waals surface area contributed by atoms with E-state index < -0.39 is 0 Å². The number of benzene rings is 2. The number of hydrogen-bond donors (Lipinski definition) is 0. The van der Waals surface area contributed by atoms with Crippen LogP contribution in [0.3, 0.4) is 0 Å². The Balaban J connectivity index is 1.07. The molecular formula is C35H52N3S+. The number of nitrogens with zero attached hydrogens (tertiary/aromatic N) is 3. The van der Waals surface area contributed by atoms with Crippen LogP contribution in [-0.4, -0.2) is 31.2 Å². The summed E-state index contributed by atoms with van der Waals surface area (Å²) in [6.07, 6.45) is 25.2. The monoisotopic (exact) mass is 546 g/mol. The van der Waals surface area contributed by atoms with E-state index in [1.165, 1.54) is 174 Å². The summed E-state index contributed by atoms with van der Waals surface area (Å²) < 4.78 is 3.91. The van der Waals surface area contributed by atoms with E-state index in [0.717, 1.165) is 5.52 Å². The molecule has 2 fully saturated rings. The average molecular weight is 547 g/mol. The van der Waals surface area contributed by atoms with E-state index >= 15 is 0 Å². The minimum atomic E-state index is 1.14. The molecule has 1 aromatic carbocycles. The van der Waals surface area contributed by atoms with Crippen LogP contribution in [0.1, 0.15) is 122 Å². The molecule has 212 valence electrons. The summed E-state index contributed by atoms with van der Waals surface area (Å²) in [5, 5.41) is 1.48. The summed E-state index contributed by atoms with van der Waals surface area (Å²) in [6, 6.07) is 11.7. The minimum Gasteiger partial charge on any atom is -0.371 e. The van der Waals surface area contributed by atoms with Crippen molar-refractivity contribution in [2.24, 2.45) is 0 Å². The first-order chi connectivity index (χ1) is 19.3. The van der Waals surface area contributed by atoms with Gasteiger partial charge in [0.05, 0.1) is 27.2 Å². The SMILES string of the molecule is CCCCCCCCCCCCCCCCCc1cc2nc3ccc(N4CCC4)cc3sc-2cc1=[N+]1CCC1. The molecule has 0 atom stereocenters. The smallest absolute Gasteiger partial charge is 0.204 e. The lowest BCUT2D eigenvalue weighted by molar-refractivity contribution is 0.430. The fourth-order valence-electron chi connectivity index (χ4n) is 6.20. The van der Waals surface area contributed by atoms with Crippen molar-refractivity contribution in [2.75, 3.05) is 31.1 Å². The van der Waals surface area contributed by atoms with E-state index in [1.807, 2.05) is 11.3 Å². The van der Waals surface area contributed by atoms with Gasteiger partial charge in [-0.15, -0.1) is 11.3 Å². The zero-order valence-electron chi connectivity index (χ0n) is 24.7. The predicted octanol–water partition coefficient (Wildman–Crippen LogP) is 9.20. The van der Waals surface area contributed by atoms with Crippen molar-refractivity contribution in [1.82, 2.24) is 9.56 Å². The Hall–Kier alpha value is -1.94. The number of unbranched alkanes of at least 4 members (excludes halogenated alkanes) is 14. The molecular weight excluding hydrogens is 494 g/mol. The van der Waals surface area contributed by atoms with Crippen LogP contribution in [0.25, 0.3) is 20.8 Å². The molecule has 3 nitrogen and oxygen atoms in total. The van der Waals surface area contributed by atoms with Crippen molar-refractivity contribution in [2.45, 2.75) is 122 Å². The Morgan fingerprint density at radius 2 is 1.38 bits per heavy atom. The second-order valence-corrected chi connectivity index (χ2v) is 13.3. The first-order valence-electron chi connectivity index (χ1n) is 16.5. The topological polar surface area (TPSA) is 19.1 Å². The molecule has 0 N–H and O–H groups in total. The van der Waals surface area contributed by atoms with E-state index in [2.05, 4.69) is 46.7 Å². The number of aromatic nitrogens is 1. The van der Waals surface area contributed by atoms with Crippen molar-refractivity contribution in [3.63, 3.8) is 0 Å². The van der Waals surface area contributed by atoms with Crippen molar-refractivity contribution in [3.8, 4) is 10.6 Å². The molecule has 3 heterocycles. The molecule has 0 bridgehead atoms. The third-order valence-corrected chi connectivity index (χ3v) is 10.1. The largest absolute Gasteiger partial charge is 0.371 e. The summed E-state index contributed by atoms with van der Waals surface area (Å²) in [6.45, 7) is 7.11. The summed E-state index contributed by atoms with van der Waals surface area (Å²) in [4.78, 5) is 8.93. The molecule has 1 aliphatic carbocycles. The number of fused-ring (bicyclic) bond motifs is 2. The summed E-state index contributed by atoms with van der Waals surface area (Å²) in [7, 11) is 0. The molecule has 0 radical (unpaired) electrons. The Bertz CT molecular complexity index is 1200. The average Bonchev–Trinajstić information content (AvgIpc) is 2.88. The van der Waals surface area contributed by atoms with Gasteiger partial charge in [0.15, 0.2) is 0 Å². The third-order valence-electron chi connectivity index (χ3n) is 9.03. The Labute approximate surface area is 241 Å². The number of hydrogen-bond acceptors (Lipinski definition) is 3. The highest BCUT2D eigenvalue weighted by atomic mass is 32.1. The van der Waals surface area contributed by atoms with Crippen LogP contribution >= 0.6 is 11.3 Å². The van der Waals surface area contributed by atoms with Crippen molar-refractivity contribution >= 4 is 27.2 Å². The first kappa shape index (κ1) is 28.6. The number of rotatable bonds is 17. The third kappa shape index (κ3) is 8.06. The Morgan fingerprint density at radius 1 is 0.744 bits per heavy atom. The van der Waals surface area contributed by atoms with E-state index in [4.69, 9.17) is 4.98 Å². The van der Waals surface area contributed by atoms with Gasteiger partial charge in [0.25, 0.3) is 0 Å². The van der Waals surface area contributed by atoms with Crippen LogP contribution in [0.4, 0.5) is 5.69 Å². The van der Waals surface area contributed by atoms with Gasteiger partial charge in [-0.05, 0) is 43.5 Å². The maximum Gasteiger partial charge on any atom is 0.204 e. The number of aryl methyl sites for hydroxylation is 1. The predicted molar refractivity (Wildman–Crippen MR) is 171 cm³/mol. The van der Waals surface area contributed by atoms with Crippen LogP contribution < -0.4 is 14.8 Å². The van der Waals surface area contributed by atoms with E-state index in [-0.39, 0.29) is 0 Å². The second kappa shape index (κ2) is 15.2. The van der Waals surface area contributed by atoms with Gasteiger partial charge in [-0.1, -0.05) is 96.8 Å². The van der Waals surface area contributed by atoms with E-state index in [0.29, 0.717) is 0 Å². The van der Waals surface area contributed by atoms with Crippen molar-refractivity contribution < 1.29 is 0 Å². The van der Waals surface area contributed by atoms with Gasteiger partial charge in [0, 0.05) is 30.4 Å².